The number of anilines is 1. The Bertz CT molecular complexity index is 811. The van der Waals surface area contributed by atoms with Gasteiger partial charge < -0.3 is 15.4 Å². The zero-order valence-corrected chi connectivity index (χ0v) is 15.3. The average molecular weight is 418 g/mol. The first-order valence-corrected chi connectivity index (χ1v) is 8.45. The first kappa shape index (κ1) is 22.1. The smallest absolute Gasteiger partial charge is 0.406 e. The summed E-state index contributed by atoms with van der Waals surface area (Å²) in [6.07, 6.45) is -5.15. The van der Waals surface area contributed by atoms with Crippen LogP contribution in [0.3, 0.4) is 0 Å². The van der Waals surface area contributed by atoms with Gasteiger partial charge in [-0.25, -0.2) is 4.39 Å². The van der Waals surface area contributed by atoms with Gasteiger partial charge in [0, 0.05) is 6.42 Å². The third kappa shape index (κ3) is 5.90. The molecule has 2 amide bonds. The highest BCUT2D eigenvalue weighted by Gasteiger charge is 2.40. The number of rotatable bonds is 7. The van der Waals surface area contributed by atoms with Gasteiger partial charge in [0.1, 0.15) is 30.7 Å². The quantitative estimate of drug-likeness (QED) is 0.529. The maximum atomic E-state index is 13.1. The van der Waals surface area contributed by atoms with Gasteiger partial charge in [-0.2, -0.15) is 18.3 Å². The van der Waals surface area contributed by atoms with Gasteiger partial charge in [0.25, 0.3) is 5.91 Å². The van der Waals surface area contributed by atoms with Gasteiger partial charge >= 0.3 is 12.1 Å². The Morgan fingerprint density at radius 1 is 1.28 bits per heavy atom. The van der Waals surface area contributed by atoms with Crippen molar-refractivity contribution in [1.29, 1.82) is 0 Å². The van der Waals surface area contributed by atoms with Crippen LogP contribution in [-0.2, 0) is 19.1 Å². The predicted molar refractivity (Wildman–Crippen MR) is 93.2 cm³/mol. The van der Waals surface area contributed by atoms with Crippen molar-refractivity contribution in [3.05, 3.63) is 30.1 Å². The van der Waals surface area contributed by atoms with Crippen LogP contribution in [0.2, 0.25) is 0 Å². The fourth-order valence-electron chi connectivity index (χ4n) is 2.65. The van der Waals surface area contributed by atoms with Crippen LogP contribution in [0, 0.1) is 5.82 Å². The largest absolute Gasteiger partial charge is 0.465 e. The molecule has 1 heterocycles. The molecule has 0 radical (unpaired) electrons. The number of hydrogen-bond donors (Lipinski definition) is 1. The minimum absolute atomic E-state index is 0.0735. The van der Waals surface area contributed by atoms with Crippen molar-refractivity contribution >= 4 is 29.2 Å². The lowest BCUT2D eigenvalue weighted by Gasteiger charge is -2.22. The number of ether oxygens (including phenoxy) is 1. The molecule has 2 rings (SSSR count). The fourth-order valence-corrected chi connectivity index (χ4v) is 2.65. The molecule has 0 bridgehead atoms. The van der Waals surface area contributed by atoms with E-state index in [1.807, 2.05) is 0 Å². The molecular formula is C17H18F4N4O4. The number of benzene rings is 1. The molecule has 0 spiro atoms. The molecule has 1 aliphatic rings. The Kier molecular flexibility index (Phi) is 6.77. The summed E-state index contributed by atoms with van der Waals surface area (Å²) in [5.41, 5.74) is 5.13. The Balaban J connectivity index is 2.31. The van der Waals surface area contributed by atoms with Crippen LogP contribution in [-0.4, -0.2) is 60.3 Å². The molecule has 0 aromatic heterocycles. The maximum Gasteiger partial charge on any atom is 0.406 e. The van der Waals surface area contributed by atoms with Gasteiger partial charge in [0.15, 0.2) is 0 Å². The summed E-state index contributed by atoms with van der Waals surface area (Å²) in [7, 11) is 0. The summed E-state index contributed by atoms with van der Waals surface area (Å²) in [5.74, 6) is -3.65. The molecule has 1 aliphatic heterocycles. The Morgan fingerprint density at radius 3 is 2.41 bits per heavy atom. The lowest BCUT2D eigenvalue weighted by Crippen LogP contribution is -2.45. The van der Waals surface area contributed by atoms with E-state index in [0.29, 0.717) is 0 Å². The van der Waals surface area contributed by atoms with Crippen molar-refractivity contribution < 1.29 is 36.7 Å². The second-order valence-corrected chi connectivity index (χ2v) is 6.07. The zero-order chi connectivity index (χ0) is 21.8. The number of nitrogens with two attached hydrogens (primary N) is 1. The highest BCUT2D eigenvalue weighted by molar-refractivity contribution is 6.40. The van der Waals surface area contributed by atoms with Crippen LogP contribution < -0.4 is 10.7 Å². The van der Waals surface area contributed by atoms with Crippen LogP contribution in [0.5, 0.6) is 0 Å². The molecule has 1 aromatic rings. The summed E-state index contributed by atoms with van der Waals surface area (Å²) in [4.78, 5) is 36.2. The van der Waals surface area contributed by atoms with Crippen molar-refractivity contribution in [1.82, 2.24) is 4.90 Å². The third-order valence-electron chi connectivity index (χ3n) is 3.86. The summed E-state index contributed by atoms with van der Waals surface area (Å²) in [6.45, 7) is -1.26. The van der Waals surface area contributed by atoms with Crippen LogP contribution in [0.25, 0.3) is 0 Å². The molecule has 0 saturated heterocycles. The second-order valence-electron chi connectivity index (χ2n) is 6.07. The van der Waals surface area contributed by atoms with E-state index in [2.05, 4.69) is 9.84 Å². The monoisotopic (exact) mass is 418 g/mol. The Labute approximate surface area is 162 Å². The van der Waals surface area contributed by atoms with E-state index in [-0.39, 0.29) is 23.6 Å². The van der Waals surface area contributed by atoms with Crippen LogP contribution in [0.1, 0.15) is 13.3 Å². The summed E-state index contributed by atoms with van der Waals surface area (Å²) >= 11 is 0. The number of hydrazone groups is 1. The van der Waals surface area contributed by atoms with Crippen molar-refractivity contribution in [3.63, 3.8) is 0 Å². The molecule has 0 fully saturated rings. The van der Waals surface area contributed by atoms with E-state index in [1.165, 1.54) is 19.1 Å². The molecule has 29 heavy (non-hydrogen) atoms. The maximum absolute atomic E-state index is 13.1. The average Bonchev–Trinajstić information content (AvgIpc) is 3.06. The van der Waals surface area contributed by atoms with Crippen LogP contribution in [0.4, 0.5) is 23.2 Å². The molecule has 1 aromatic carbocycles. The van der Waals surface area contributed by atoms with E-state index >= 15 is 0 Å². The predicted octanol–water partition coefficient (Wildman–Crippen LogP) is 1.20. The van der Waals surface area contributed by atoms with Gasteiger partial charge in [-0.3, -0.25) is 19.4 Å². The van der Waals surface area contributed by atoms with E-state index < -0.39 is 54.6 Å². The summed E-state index contributed by atoms with van der Waals surface area (Å²) in [6, 6.07) is 3.55. The molecule has 1 atom stereocenters. The molecule has 1 unspecified atom stereocenters. The lowest BCUT2D eigenvalue weighted by atomic mass is 10.1. The number of carbonyl (C=O) groups is 3. The number of esters is 1. The summed E-state index contributed by atoms with van der Waals surface area (Å²) < 4.78 is 56.3. The van der Waals surface area contributed by atoms with Crippen LogP contribution >= 0.6 is 0 Å². The highest BCUT2D eigenvalue weighted by Crippen LogP contribution is 2.26. The number of primary amides is 1. The minimum atomic E-state index is -4.78. The van der Waals surface area contributed by atoms with Crippen molar-refractivity contribution in [2.75, 3.05) is 24.7 Å². The van der Waals surface area contributed by atoms with Gasteiger partial charge in [-0.05, 0) is 31.2 Å². The molecule has 158 valence electrons. The Hall–Kier alpha value is -3.18. The molecule has 0 saturated carbocycles. The normalized spacial score (nSPS) is 16.4. The first-order chi connectivity index (χ1) is 13.5. The molecule has 2 N–H and O–H groups in total. The lowest BCUT2D eigenvalue weighted by molar-refractivity contribution is -0.164. The van der Waals surface area contributed by atoms with E-state index in [1.54, 1.807) is 0 Å². The molecule has 0 aliphatic carbocycles. The number of hydrogen-bond acceptors (Lipinski definition) is 6. The Morgan fingerprint density at radius 2 is 1.90 bits per heavy atom. The number of halogens is 4. The highest BCUT2D eigenvalue weighted by atomic mass is 19.4. The second kappa shape index (κ2) is 8.88. The van der Waals surface area contributed by atoms with Gasteiger partial charge in [-0.15, -0.1) is 0 Å². The molecular weight excluding hydrogens is 400 g/mol. The molecule has 12 heteroatoms. The van der Waals surface area contributed by atoms with E-state index in [0.717, 1.165) is 17.1 Å². The van der Waals surface area contributed by atoms with Crippen molar-refractivity contribution in [2.24, 2.45) is 10.8 Å². The van der Waals surface area contributed by atoms with Gasteiger partial charge in [0.2, 0.25) is 5.91 Å². The fraction of sp³-hybridized carbons (Fsp3) is 0.412. The standard InChI is InChI=1S/C17H18F4N4O4/c1-2-29-14(26)8-24(9-17(19,20)21)16(28)12-7-13(15(22)27)25(23-12)11-5-3-10(18)4-6-11/h3-6,13H,2,7-9H2,1H3,(H2,22,27). The van der Waals surface area contributed by atoms with Crippen molar-refractivity contribution in [2.45, 2.75) is 25.6 Å². The van der Waals surface area contributed by atoms with E-state index in [4.69, 9.17) is 5.73 Å². The number of carbonyl (C=O) groups excluding carboxylic acids is 3. The van der Waals surface area contributed by atoms with Gasteiger partial charge in [0.05, 0.1) is 12.3 Å². The number of nitrogens with zero attached hydrogens (tertiary/aromatic N) is 3. The topological polar surface area (TPSA) is 105 Å². The minimum Gasteiger partial charge on any atom is -0.465 e. The first-order valence-electron chi connectivity index (χ1n) is 8.45. The van der Waals surface area contributed by atoms with Crippen molar-refractivity contribution in [3.8, 4) is 0 Å². The van der Waals surface area contributed by atoms with Crippen LogP contribution in [0.15, 0.2) is 29.4 Å². The summed E-state index contributed by atoms with van der Waals surface area (Å²) in [5, 5.41) is 4.94. The number of amides is 2. The third-order valence-corrected chi connectivity index (χ3v) is 3.86. The number of alkyl halides is 3. The molecule has 8 nitrogen and oxygen atoms in total. The zero-order valence-electron chi connectivity index (χ0n) is 15.3. The van der Waals surface area contributed by atoms with E-state index in [9.17, 15) is 31.9 Å². The SMILES string of the molecule is CCOC(=O)CN(CC(F)(F)F)C(=O)C1=NN(c2ccc(F)cc2)C(C(N)=O)C1. The van der Waals surface area contributed by atoms with Gasteiger partial charge in [-0.1, -0.05) is 0 Å².